The normalized spacial score (nSPS) is 17.6. The number of carbonyl (C=O) groups is 1. The summed E-state index contributed by atoms with van der Waals surface area (Å²) in [6.45, 7) is 2.41. The molecule has 2 atom stereocenters. The predicted molar refractivity (Wildman–Crippen MR) is 103 cm³/mol. The summed E-state index contributed by atoms with van der Waals surface area (Å²) in [6.07, 6.45) is 2.72. The number of rotatable bonds is 9. The van der Waals surface area contributed by atoms with Crippen LogP contribution in [0.5, 0.6) is 5.75 Å². The first-order valence-corrected chi connectivity index (χ1v) is 9.92. The highest BCUT2D eigenvalue weighted by molar-refractivity contribution is 5.81. The molecule has 1 aliphatic rings. The van der Waals surface area contributed by atoms with Crippen molar-refractivity contribution in [3.05, 3.63) is 24.3 Å². The fourth-order valence-electron chi connectivity index (χ4n) is 3.51. The Kier molecular flexibility index (Phi) is 8.41. The van der Waals surface area contributed by atoms with Crippen LogP contribution in [0.4, 0.5) is 18.9 Å². The van der Waals surface area contributed by atoms with Gasteiger partial charge in [-0.25, -0.2) is 0 Å². The molecule has 0 radical (unpaired) electrons. The highest BCUT2D eigenvalue weighted by Gasteiger charge is 2.31. The fraction of sp³-hybridized carbons (Fsp3) is 0.650. The summed E-state index contributed by atoms with van der Waals surface area (Å²) in [4.78, 5) is 12.4. The van der Waals surface area contributed by atoms with Crippen molar-refractivity contribution < 1.29 is 22.7 Å². The van der Waals surface area contributed by atoms with E-state index in [9.17, 15) is 18.0 Å². The molecule has 0 spiro atoms. The second-order valence-electron chi connectivity index (χ2n) is 7.41. The van der Waals surface area contributed by atoms with Gasteiger partial charge in [0.25, 0.3) is 0 Å². The van der Waals surface area contributed by atoms with Gasteiger partial charge in [0, 0.05) is 18.3 Å². The van der Waals surface area contributed by atoms with Gasteiger partial charge in [0.05, 0.1) is 6.04 Å². The highest BCUT2D eigenvalue weighted by atomic mass is 19.4. The van der Waals surface area contributed by atoms with Crippen molar-refractivity contribution in [2.45, 2.75) is 70.3 Å². The molecular weight excluding hydrogens is 371 g/mol. The van der Waals surface area contributed by atoms with Crippen LogP contribution in [0.25, 0.3) is 0 Å². The Hall–Kier alpha value is -1.96. The third-order valence-electron chi connectivity index (χ3n) is 5.13. The van der Waals surface area contributed by atoms with Crippen LogP contribution in [0.3, 0.4) is 0 Å². The van der Waals surface area contributed by atoms with E-state index in [4.69, 9.17) is 5.73 Å². The Labute approximate surface area is 164 Å². The third-order valence-corrected chi connectivity index (χ3v) is 5.13. The average molecular weight is 401 g/mol. The number of amides is 1. The molecule has 1 saturated carbocycles. The molecule has 1 aromatic carbocycles. The lowest BCUT2D eigenvalue weighted by Crippen LogP contribution is -2.48. The van der Waals surface area contributed by atoms with Gasteiger partial charge in [-0.2, -0.15) is 0 Å². The van der Waals surface area contributed by atoms with E-state index >= 15 is 0 Å². The summed E-state index contributed by atoms with van der Waals surface area (Å²) in [7, 11) is 0. The lowest BCUT2D eigenvalue weighted by Gasteiger charge is -2.25. The molecule has 2 rings (SSSR count). The minimum atomic E-state index is -4.71. The summed E-state index contributed by atoms with van der Waals surface area (Å²) in [5.41, 5.74) is 6.73. The van der Waals surface area contributed by atoms with Crippen LogP contribution in [0.15, 0.2) is 24.3 Å². The molecule has 1 amide bonds. The molecule has 8 heteroatoms. The SMILES string of the molecule is CC[C@@H](CNc1ccc(OC(F)(F)F)cc1)NC(=O)[C@@H](N)CC1CCCCC1. The number of benzene rings is 1. The van der Waals surface area contributed by atoms with Crippen LogP contribution < -0.4 is 21.1 Å². The van der Waals surface area contributed by atoms with Gasteiger partial charge >= 0.3 is 6.36 Å². The summed E-state index contributed by atoms with van der Waals surface area (Å²) < 4.78 is 40.4. The number of carbonyl (C=O) groups excluding carboxylic acids is 1. The van der Waals surface area contributed by atoms with Crippen LogP contribution in [-0.4, -0.2) is 30.9 Å². The number of hydrogen-bond donors (Lipinski definition) is 3. The van der Waals surface area contributed by atoms with Gasteiger partial charge in [-0.15, -0.1) is 13.2 Å². The number of nitrogens with one attached hydrogen (secondary N) is 2. The number of alkyl halides is 3. The zero-order valence-electron chi connectivity index (χ0n) is 16.2. The lowest BCUT2D eigenvalue weighted by molar-refractivity contribution is -0.274. The molecule has 0 unspecified atom stereocenters. The maximum atomic E-state index is 12.4. The molecule has 0 aliphatic heterocycles. The first-order valence-electron chi connectivity index (χ1n) is 9.92. The molecule has 4 N–H and O–H groups in total. The van der Waals surface area contributed by atoms with E-state index in [-0.39, 0.29) is 17.7 Å². The number of hydrogen-bond acceptors (Lipinski definition) is 4. The van der Waals surface area contributed by atoms with Crippen LogP contribution in [0.2, 0.25) is 0 Å². The quantitative estimate of drug-likeness (QED) is 0.580. The second kappa shape index (κ2) is 10.5. The Morgan fingerprint density at radius 1 is 1.21 bits per heavy atom. The van der Waals surface area contributed by atoms with E-state index < -0.39 is 12.4 Å². The monoisotopic (exact) mass is 401 g/mol. The molecule has 0 bridgehead atoms. The predicted octanol–water partition coefficient (Wildman–Crippen LogP) is 4.19. The van der Waals surface area contributed by atoms with Crippen LogP contribution in [0.1, 0.15) is 51.9 Å². The molecule has 0 aromatic heterocycles. The van der Waals surface area contributed by atoms with Crippen molar-refractivity contribution >= 4 is 11.6 Å². The van der Waals surface area contributed by atoms with Gasteiger partial charge < -0.3 is 21.1 Å². The Balaban J connectivity index is 1.77. The van der Waals surface area contributed by atoms with Crippen molar-refractivity contribution in [3.8, 4) is 5.75 Å². The third kappa shape index (κ3) is 7.96. The largest absolute Gasteiger partial charge is 0.573 e. The van der Waals surface area contributed by atoms with E-state index in [1.807, 2.05) is 6.92 Å². The molecule has 1 aromatic rings. The smallest absolute Gasteiger partial charge is 0.406 e. The Morgan fingerprint density at radius 2 is 1.86 bits per heavy atom. The van der Waals surface area contributed by atoms with Gasteiger partial charge in [-0.3, -0.25) is 4.79 Å². The zero-order valence-corrected chi connectivity index (χ0v) is 16.2. The van der Waals surface area contributed by atoms with Gasteiger partial charge in [0.1, 0.15) is 5.75 Å². The first-order chi connectivity index (χ1) is 13.3. The summed E-state index contributed by atoms with van der Waals surface area (Å²) in [6, 6.07) is 4.88. The molecule has 5 nitrogen and oxygen atoms in total. The van der Waals surface area contributed by atoms with Crippen molar-refractivity contribution in [3.63, 3.8) is 0 Å². The first kappa shape index (κ1) is 22.3. The highest BCUT2D eigenvalue weighted by Crippen LogP contribution is 2.27. The maximum Gasteiger partial charge on any atom is 0.573 e. The van der Waals surface area contributed by atoms with E-state index in [0.29, 0.717) is 24.6 Å². The number of anilines is 1. The van der Waals surface area contributed by atoms with Gasteiger partial charge in [-0.05, 0) is 43.0 Å². The average Bonchev–Trinajstić information content (AvgIpc) is 2.65. The molecule has 1 aliphatic carbocycles. The van der Waals surface area contributed by atoms with E-state index in [2.05, 4.69) is 15.4 Å². The second-order valence-corrected chi connectivity index (χ2v) is 7.41. The Morgan fingerprint density at radius 3 is 2.43 bits per heavy atom. The van der Waals surface area contributed by atoms with Gasteiger partial charge in [-0.1, -0.05) is 39.0 Å². The zero-order chi connectivity index (χ0) is 20.6. The van der Waals surface area contributed by atoms with Gasteiger partial charge in [0.2, 0.25) is 5.91 Å². The van der Waals surface area contributed by atoms with Crippen LogP contribution in [-0.2, 0) is 4.79 Å². The molecule has 0 saturated heterocycles. The van der Waals surface area contributed by atoms with E-state index in [0.717, 1.165) is 19.3 Å². The number of ether oxygens (including phenoxy) is 1. The van der Waals surface area contributed by atoms with Crippen LogP contribution in [0, 0.1) is 5.92 Å². The minimum absolute atomic E-state index is 0.115. The molecular formula is C20H30F3N3O2. The number of halogens is 3. The fourth-order valence-corrected chi connectivity index (χ4v) is 3.51. The molecule has 28 heavy (non-hydrogen) atoms. The summed E-state index contributed by atoms with van der Waals surface area (Å²) in [5.74, 6) is 0.116. The summed E-state index contributed by atoms with van der Waals surface area (Å²) in [5, 5.41) is 6.09. The lowest BCUT2D eigenvalue weighted by atomic mass is 9.85. The number of nitrogens with two attached hydrogens (primary N) is 1. The topological polar surface area (TPSA) is 76.4 Å². The van der Waals surface area contributed by atoms with Crippen molar-refractivity contribution in [1.82, 2.24) is 5.32 Å². The summed E-state index contributed by atoms with van der Waals surface area (Å²) >= 11 is 0. The van der Waals surface area contributed by atoms with Gasteiger partial charge in [0.15, 0.2) is 0 Å². The van der Waals surface area contributed by atoms with Crippen LogP contribution >= 0.6 is 0 Å². The van der Waals surface area contributed by atoms with Crippen molar-refractivity contribution in [2.24, 2.45) is 11.7 Å². The Bertz CT molecular complexity index is 602. The van der Waals surface area contributed by atoms with Crippen molar-refractivity contribution in [1.29, 1.82) is 0 Å². The molecule has 1 fully saturated rings. The standard InChI is InChI=1S/C20H30F3N3O2/c1-2-15(26-19(27)18(24)12-14-6-4-3-5-7-14)13-25-16-8-10-17(11-9-16)28-20(21,22)23/h8-11,14-15,18,25H,2-7,12-13,24H2,1H3,(H,26,27)/t15-,18-/m0/s1. The van der Waals surface area contributed by atoms with E-state index in [1.54, 1.807) is 0 Å². The molecule has 0 heterocycles. The van der Waals surface area contributed by atoms with Crippen molar-refractivity contribution in [2.75, 3.05) is 11.9 Å². The molecule has 158 valence electrons. The minimum Gasteiger partial charge on any atom is -0.406 e. The van der Waals surface area contributed by atoms with E-state index in [1.165, 1.54) is 43.5 Å². The maximum absolute atomic E-state index is 12.4.